The summed E-state index contributed by atoms with van der Waals surface area (Å²) >= 11 is 5.60. The molecular weight excluding hydrogens is 296 g/mol. The maximum Gasteiger partial charge on any atom is 0.149 e. The fourth-order valence-corrected chi connectivity index (χ4v) is 2.30. The van der Waals surface area contributed by atoms with E-state index in [1.165, 1.54) is 17.0 Å². The quantitative estimate of drug-likeness (QED) is 0.761. The number of hydrogen-bond donors (Lipinski definition) is 0. The fraction of sp³-hybridized carbons (Fsp3) is 0.250. The minimum atomic E-state index is -0.610. The molecule has 2 aromatic carbocycles. The largest absolute Gasteiger partial charge is 0.497 e. The zero-order chi connectivity index (χ0) is 15.4. The van der Waals surface area contributed by atoms with E-state index in [9.17, 15) is 8.78 Å². The number of methoxy groups -OCH3 is 1. The number of ether oxygens (including phenoxy) is 1. The molecule has 112 valence electrons. The molecule has 0 unspecified atom stereocenters. The number of nitrogens with zero attached hydrogens (tertiary/aromatic N) is 1. The van der Waals surface area contributed by atoms with Gasteiger partial charge in [-0.3, -0.25) is 0 Å². The number of benzene rings is 2. The first kappa shape index (κ1) is 15.6. The van der Waals surface area contributed by atoms with Crippen LogP contribution in [0.2, 0.25) is 0 Å². The number of anilines is 1. The van der Waals surface area contributed by atoms with Gasteiger partial charge in [0.05, 0.1) is 7.11 Å². The SMILES string of the molecule is COc1ccc(CN(C)c2c(F)cc(CCl)cc2F)cc1. The Morgan fingerprint density at radius 3 is 2.10 bits per heavy atom. The summed E-state index contributed by atoms with van der Waals surface area (Å²) in [6.45, 7) is 0.387. The highest BCUT2D eigenvalue weighted by Crippen LogP contribution is 2.26. The first-order chi connectivity index (χ1) is 10.0. The molecule has 2 rings (SSSR count). The summed E-state index contributed by atoms with van der Waals surface area (Å²) in [6.07, 6.45) is 0. The summed E-state index contributed by atoms with van der Waals surface area (Å²) in [7, 11) is 3.23. The van der Waals surface area contributed by atoms with Crippen molar-refractivity contribution in [1.82, 2.24) is 0 Å². The van der Waals surface area contributed by atoms with Crippen molar-refractivity contribution < 1.29 is 13.5 Å². The Hall–Kier alpha value is -1.81. The molecule has 2 nitrogen and oxygen atoms in total. The minimum absolute atomic E-state index is 0.0558. The molecule has 0 atom stereocenters. The zero-order valence-electron chi connectivity index (χ0n) is 11.9. The molecule has 0 aromatic heterocycles. The van der Waals surface area contributed by atoms with Crippen molar-refractivity contribution in [3.8, 4) is 5.75 Å². The van der Waals surface area contributed by atoms with Crippen molar-refractivity contribution in [1.29, 1.82) is 0 Å². The fourth-order valence-electron chi connectivity index (χ4n) is 2.14. The number of hydrogen-bond acceptors (Lipinski definition) is 2. The Bertz CT molecular complexity index is 593. The molecule has 0 N–H and O–H groups in total. The lowest BCUT2D eigenvalue weighted by molar-refractivity contribution is 0.414. The van der Waals surface area contributed by atoms with Crippen molar-refractivity contribution in [2.75, 3.05) is 19.1 Å². The Morgan fingerprint density at radius 1 is 1.05 bits per heavy atom. The van der Waals surface area contributed by atoms with Crippen LogP contribution >= 0.6 is 11.6 Å². The van der Waals surface area contributed by atoms with Crippen LogP contribution in [-0.4, -0.2) is 14.2 Å². The highest BCUT2D eigenvalue weighted by Gasteiger charge is 2.15. The Labute approximate surface area is 127 Å². The van der Waals surface area contributed by atoms with Gasteiger partial charge in [0.25, 0.3) is 0 Å². The van der Waals surface area contributed by atoms with Gasteiger partial charge in [0.2, 0.25) is 0 Å². The van der Waals surface area contributed by atoms with Crippen molar-refractivity contribution in [3.05, 3.63) is 59.2 Å². The van der Waals surface area contributed by atoms with Crippen LogP contribution < -0.4 is 9.64 Å². The van der Waals surface area contributed by atoms with E-state index in [0.717, 1.165) is 11.3 Å². The van der Waals surface area contributed by atoms with Crippen LogP contribution in [0.15, 0.2) is 36.4 Å². The third-order valence-corrected chi connectivity index (χ3v) is 3.50. The molecule has 0 radical (unpaired) electrons. The van der Waals surface area contributed by atoms with Crippen LogP contribution in [-0.2, 0) is 12.4 Å². The van der Waals surface area contributed by atoms with Gasteiger partial charge in [0.15, 0.2) is 0 Å². The molecule has 0 fully saturated rings. The second kappa shape index (κ2) is 6.76. The van der Waals surface area contributed by atoms with E-state index >= 15 is 0 Å². The van der Waals surface area contributed by atoms with Gasteiger partial charge in [-0.1, -0.05) is 12.1 Å². The molecule has 0 saturated heterocycles. The number of rotatable bonds is 5. The van der Waals surface area contributed by atoms with Gasteiger partial charge in [0, 0.05) is 19.5 Å². The summed E-state index contributed by atoms with van der Waals surface area (Å²) in [5.74, 6) is -0.399. The van der Waals surface area contributed by atoms with E-state index in [1.54, 1.807) is 14.2 Å². The van der Waals surface area contributed by atoms with Crippen LogP contribution in [0.25, 0.3) is 0 Å². The standard InChI is InChI=1S/C16H16ClF2NO/c1-20(10-11-3-5-13(21-2)6-4-11)16-14(18)7-12(9-17)8-15(16)19/h3-8H,9-10H2,1-2H3. The van der Waals surface area contributed by atoms with Gasteiger partial charge in [-0.05, 0) is 35.4 Å². The third kappa shape index (κ3) is 3.64. The van der Waals surface area contributed by atoms with Crippen LogP contribution in [0.3, 0.4) is 0 Å². The Morgan fingerprint density at radius 2 is 1.62 bits per heavy atom. The van der Waals surface area contributed by atoms with Crippen LogP contribution in [0.1, 0.15) is 11.1 Å². The van der Waals surface area contributed by atoms with Crippen molar-refractivity contribution in [2.24, 2.45) is 0 Å². The number of halogens is 3. The molecule has 2 aromatic rings. The number of alkyl halides is 1. The molecule has 5 heteroatoms. The molecule has 0 aliphatic carbocycles. The van der Waals surface area contributed by atoms with E-state index in [-0.39, 0.29) is 11.6 Å². The zero-order valence-corrected chi connectivity index (χ0v) is 12.6. The highest BCUT2D eigenvalue weighted by atomic mass is 35.5. The Balaban J connectivity index is 2.21. The normalized spacial score (nSPS) is 10.5. The topological polar surface area (TPSA) is 12.5 Å². The molecule has 0 aliphatic heterocycles. The maximum atomic E-state index is 14.0. The van der Waals surface area contributed by atoms with Gasteiger partial charge in [-0.2, -0.15) is 0 Å². The second-order valence-electron chi connectivity index (χ2n) is 4.75. The monoisotopic (exact) mass is 311 g/mol. The van der Waals surface area contributed by atoms with Crippen LogP contribution in [0.5, 0.6) is 5.75 Å². The maximum absolute atomic E-state index is 14.0. The molecule has 0 bridgehead atoms. The van der Waals surface area contributed by atoms with Gasteiger partial charge in [-0.25, -0.2) is 8.78 Å². The predicted molar refractivity (Wildman–Crippen MR) is 81.0 cm³/mol. The lowest BCUT2D eigenvalue weighted by atomic mass is 10.1. The van der Waals surface area contributed by atoms with Gasteiger partial charge < -0.3 is 9.64 Å². The summed E-state index contributed by atoms with van der Waals surface area (Å²) in [4.78, 5) is 1.53. The van der Waals surface area contributed by atoms with E-state index in [1.807, 2.05) is 24.3 Å². The highest BCUT2D eigenvalue weighted by molar-refractivity contribution is 6.17. The Kier molecular flexibility index (Phi) is 5.02. The molecule has 0 amide bonds. The van der Waals surface area contributed by atoms with Crippen molar-refractivity contribution in [2.45, 2.75) is 12.4 Å². The molecule has 21 heavy (non-hydrogen) atoms. The van der Waals surface area contributed by atoms with Gasteiger partial charge in [-0.15, -0.1) is 11.6 Å². The first-order valence-electron chi connectivity index (χ1n) is 6.43. The lowest BCUT2D eigenvalue weighted by Crippen LogP contribution is -2.19. The molecule has 0 saturated carbocycles. The summed E-state index contributed by atoms with van der Waals surface area (Å²) in [5.41, 5.74) is 1.30. The van der Waals surface area contributed by atoms with E-state index in [4.69, 9.17) is 16.3 Å². The van der Waals surface area contributed by atoms with Gasteiger partial charge in [0.1, 0.15) is 23.1 Å². The van der Waals surface area contributed by atoms with Crippen LogP contribution in [0, 0.1) is 11.6 Å². The van der Waals surface area contributed by atoms with E-state index < -0.39 is 11.6 Å². The summed E-state index contributed by atoms with van der Waals surface area (Å²) < 4.78 is 33.1. The van der Waals surface area contributed by atoms with E-state index in [2.05, 4.69) is 0 Å². The average molecular weight is 312 g/mol. The van der Waals surface area contributed by atoms with Crippen molar-refractivity contribution in [3.63, 3.8) is 0 Å². The van der Waals surface area contributed by atoms with Crippen LogP contribution in [0.4, 0.5) is 14.5 Å². The minimum Gasteiger partial charge on any atom is -0.497 e. The summed E-state index contributed by atoms with van der Waals surface area (Å²) in [6, 6.07) is 9.86. The first-order valence-corrected chi connectivity index (χ1v) is 6.96. The lowest BCUT2D eigenvalue weighted by Gasteiger charge is -2.21. The molecule has 0 aliphatic rings. The average Bonchev–Trinajstić information content (AvgIpc) is 2.47. The molecular formula is C16H16ClF2NO. The second-order valence-corrected chi connectivity index (χ2v) is 5.01. The van der Waals surface area contributed by atoms with Crippen molar-refractivity contribution >= 4 is 17.3 Å². The van der Waals surface area contributed by atoms with Gasteiger partial charge >= 0.3 is 0 Å². The summed E-state index contributed by atoms with van der Waals surface area (Å²) in [5, 5.41) is 0. The molecule has 0 heterocycles. The predicted octanol–water partition coefficient (Wildman–Crippen LogP) is 4.35. The molecule has 0 spiro atoms. The third-order valence-electron chi connectivity index (χ3n) is 3.19. The van der Waals surface area contributed by atoms with E-state index in [0.29, 0.717) is 12.1 Å². The smallest absolute Gasteiger partial charge is 0.149 e.